The van der Waals surface area contributed by atoms with Crippen molar-refractivity contribution in [1.29, 1.82) is 0 Å². The number of rotatable bonds is 6. The molecule has 0 bridgehead atoms. The SMILES string of the molecule is COCc1cc(COC)c(F)c(COC)c1. The Balaban J connectivity index is 3.05. The Kier molecular flexibility index (Phi) is 5.38. The molecule has 0 aliphatic rings. The minimum Gasteiger partial charge on any atom is -0.380 e. The van der Waals surface area contributed by atoms with E-state index < -0.39 is 0 Å². The van der Waals surface area contributed by atoms with E-state index in [1.54, 1.807) is 33.5 Å². The predicted octanol–water partition coefficient (Wildman–Crippen LogP) is 2.26. The zero-order chi connectivity index (χ0) is 12.0. The van der Waals surface area contributed by atoms with Crippen molar-refractivity contribution in [3.63, 3.8) is 0 Å². The van der Waals surface area contributed by atoms with Crippen LogP contribution in [-0.4, -0.2) is 21.3 Å². The molecule has 0 unspecified atom stereocenters. The fourth-order valence-electron chi connectivity index (χ4n) is 1.59. The van der Waals surface area contributed by atoms with E-state index in [1.165, 1.54) is 0 Å². The van der Waals surface area contributed by atoms with Gasteiger partial charge in [0.15, 0.2) is 0 Å². The van der Waals surface area contributed by atoms with Crippen LogP contribution in [0.5, 0.6) is 0 Å². The lowest BCUT2D eigenvalue weighted by atomic mass is 10.1. The van der Waals surface area contributed by atoms with Gasteiger partial charge in [0.2, 0.25) is 0 Å². The van der Waals surface area contributed by atoms with E-state index in [1.807, 2.05) is 0 Å². The van der Waals surface area contributed by atoms with Crippen molar-refractivity contribution < 1.29 is 18.6 Å². The van der Waals surface area contributed by atoms with Crippen LogP contribution in [0.2, 0.25) is 0 Å². The second kappa shape index (κ2) is 6.58. The van der Waals surface area contributed by atoms with E-state index in [4.69, 9.17) is 14.2 Å². The highest BCUT2D eigenvalue weighted by Gasteiger charge is 2.10. The van der Waals surface area contributed by atoms with Gasteiger partial charge in [-0.1, -0.05) is 0 Å². The largest absolute Gasteiger partial charge is 0.380 e. The summed E-state index contributed by atoms with van der Waals surface area (Å²) < 4.78 is 28.8. The van der Waals surface area contributed by atoms with Crippen LogP contribution in [0.3, 0.4) is 0 Å². The van der Waals surface area contributed by atoms with Crippen molar-refractivity contribution in [2.75, 3.05) is 21.3 Å². The summed E-state index contributed by atoms with van der Waals surface area (Å²) in [6.07, 6.45) is 0. The molecule has 0 fully saturated rings. The van der Waals surface area contributed by atoms with Gasteiger partial charge in [0.25, 0.3) is 0 Å². The molecule has 16 heavy (non-hydrogen) atoms. The zero-order valence-corrected chi connectivity index (χ0v) is 9.88. The molecule has 0 heterocycles. The standard InChI is InChI=1S/C12H17FO3/c1-14-6-9-4-10(7-15-2)12(13)11(5-9)8-16-3/h4-5H,6-8H2,1-3H3. The lowest BCUT2D eigenvalue weighted by Gasteiger charge is -2.10. The van der Waals surface area contributed by atoms with Gasteiger partial charge < -0.3 is 14.2 Å². The van der Waals surface area contributed by atoms with Gasteiger partial charge >= 0.3 is 0 Å². The van der Waals surface area contributed by atoms with E-state index in [0.717, 1.165) is 5.56 Å². The maximum Gasteiger partial charge on any atom is 0.134 e. The van der Waals surface area contributed by atoms with E-state index >= 15 is 0 Å². The molecule has 1 aromatic carbocycles. The molecular weight excluding hydrogens is 211 g/mol. The number of hydrogen-bond donors (Lipinski definition) is 0. The molecule has 0 spiro atoms. The number of hydrogen-bond acceptors (Lipinski definition) is 3. The Hall–Kier alpha value is -0.970. The smallest absolute Gasteiger partial charge is 0.134 e. The molecule has 4 heteroatoms. The molecule has 0 saturated carbocycles. The van der Waals surface area contributed by atoms with Gasteiger partial charge in [-0.05, 0) is 17.7 Å². The van der Waals surface area contributed by atoms with Crippen LogP contribution in [0.4, 0.5) is 4.39 Å². The molecule has 3 nitrogen and oxygen atoms in total. The maximum atomic E-state index is 13.9. The van der Waals surface area contributed by atoms with Crippen LogP contribution in [-0.2, 0) is 34.0 Å². The average Bonchev–Trinajstić information content (AvgIpc) is 2.26. The molecule has 90 valence electrons. The molecular formula is C12H17FO3. The highest BCUT2D eigenvalue weighted by Crippen LogP contribution is 2.18. The fraction of sp³-hybridized carbons (Fsp3) is 0.500. The van der Waals surface area contributed by atoms with Gasteiger partial charge in [0, 0.05) is 32.5 Å². The molecule has 0 saturated heterocycles. The lowest BCUT2D eigenvalue weighted by Crippen LogP contribution is -2.03. The van der Waals surface area contributed by atoms with Crippen LogP contribution in [0, 0.1) is 5.82 Å². The van der Waals surface area contributed by atoms with Gasteiger partial charge in [-0.3, -0.25) is 0 Å². The van der Waals surface area contributed by atoms with Gasteiger partial charge in [-0.2, -0.15) is 0 Å². The summed E-state index contributed by atoms with van der Waals surface area (Å²) in [5, 5.41) is 0. The summed E-state index contributed by atoms with van der Waals surface area (Å²) in [6, 6.07) is 3.50. The monoisotopic (exact) mass is 228 g/mol. The first kappa shape index (κ1) is 13.1. The minimum atomic E-state index is -0.261. The summed E-state index contributed by atoms with van der Waals surface area (Å²) in [7, 11) is 4.69. The second-order valence-electron chi connectivity index (χ2n) is 3.53. The Morgan fingerprint density at radius 2 is 1.31 bits per heavy atom. The summed E-state index contributed by atoms with van der Waals surface area (Å²) in [6.45, 7) is 0.952. The Labute approximate surface area is 95.1 Å². The van der Waals surface area contributed by atoms with Crippen LogP contribution in [0.15, 0.2) is 12.1 Å². The first-order valence-corrected chi connectivity index (χ1v) is 5.00. The molecule has 0 N–H and O–H groups in total. The third-order valence-corrected chi connectivity index (χ3v) is 2.19. The molecule has 0 aliphatic carbocycles. The first-order chi connectivity index (χ1) is 7.72. The van der Waals surface area contributed by atoms with Gasteiger partial charge in [0.05, 0.1) is 19.8 Å². The van der Waals surface area contributed by atoms with Crippen LogP contribution in [0.1, 0.15) is 16.7 Å². The van der Waals surface area contributed by atoms with E-state index in [0.29, 0.717) is 17.7 Å². The Morgan fingerprint density at radius 1 is 0.875 bits per heavy atom. The van der Waals surface area contributed by atoms with E-state index in [2.05, 4.69) is 0 Å². The van der Waals surface area contributed by atoms with Gasteiger partial charge in [-0.15, -0.1) is 0 Å². The molecule has 0 amide bonds. The third kappa shape index (κ3) is 3.27. The van der Waals surface area contributed by atoms with Crippen molar-refractivity contribution in [1.82, 2.24) is 0 Å². The number of ether oxygens (including phenoxy) is 3. The Bertz CT molecular complexity index is 312. The topological polar surface area (TPSA) is 27.7 Å². The van der Waals surface area contributed by atoms with E-state index in [9.17, 15) is 4.39 Å². The summed E-state index contributed by atoms with van der Waals surface area (Å²) in [4.78, 5) is 0. The average molecular weight is 228 g/mol. The minimum absolute atomic E-state index is 0.250. The molecule has 1 rings (SSSR count). The van der Waals surface area contributed by atoms with Crippen molar-refractivity contribution in [2.24, 2.45) is 0 Å². The highest BCUT2D eigenvalue weighted by atomic mass is 19.1. The maximum absolute atomic E-state index is 13.9. The van der Waals surface area contributed by atoms with Crippen LogP contribution >= 0.6 is 0 Å². The van der Waals surface area contributed by atoms with Gasteiger partial charge in [-0.25, -0.2) is 4.39 Å². The summed E-state index contributed by atoms with van der Waals surface area (Å²) >= 11 is 0. The molecule has 0 atom stereocenters. The number of methoxy groups -OCH3 is 3. The molecule has 0 aromatic heterocycles. The third-order valence-electron chi connectivity index (χ3n) is 2.19. The van der Waals surface area contributed by atoms with Crippen LogP contribution in [0.25, 0.3) is 0 Å². The quantitative estimate of drug-likeness (QED) is 0.747. The van der Waals surface area contributed by atoms with Crippen LogP contribution < -0.4 is 0 Å². The number of halogens is 1. The number of benzene rings is 1. The van der Waals surface area contributed by atoms with Crippen molar-refractivity contribution in [3.05, 3.63) is 34.6 Å². The highest BCUT2D eigenvalue weighted by molar-refractivity contribution is 5.31. The van der Waals surface area contributed by atoms with Crippen molar-refractivity contribution >= 4 is 0 Å². The second-order valence-corrected chi connectivity index (χ2v) is 3.53. The fourth-order valence-corrected chi connectivity index (χ4v) is 1.59. The van der Waals surface area contributed by atoms with Crippen molar-refractivity contribution in [3.8, 4) is 0 Å². The van der Waals surface area contributed by atoms with Crippen molar-refractivity contribution in [2.45, 2.75) is 19.8 Å². The van der Waals surface area contributed by atoms with Gasteiger partial charge in [0.1, 0.15) is 5.82 Å². The molecule has 0 aliphatic heterocycles. The molecule has 1 aromatic rings. The zero-order valence-electron chi connectivity index (χ0n) is 9.88. The predicted molar refractivity (Wildman–Crippen MR) is 58.5 cm³/mol. The lowest BCUT2D eigenvalue weighted by molar-refractivity contribution is 0.169. The van der Waals surface area contributed by atoms with E-state index in [-0.39, 0.29) is 19.0 Å². The summed E-state index contributed by atoms with van der Waals surface area (Å²) in [5.41, 5.74) is 1.98. The normalized spacial score (nSPS) is 10.8. The summed E-state index contributed by atoms with van der Waals surface area (Å²) in [5.74, 6) is -0.261. The molecule has 0 radical (unpaired) electrons. The first-order valence-electron chi connectivity index (χ1n) is 5.00. The Morgan fingerprint density at radius 3 is 1.69 bits per heavy atom.